The molecule has 0 saturated heterocycles. The number of phenolic OH excluding ortho intramolecular Hbond substituents is 1. The molecule has 0 aromatic heterocycles. The van der Waals surface area contributed by atoms with Crippen molar-refractivity contribution in [3.63, 3.8) is 0 Å². The van der Waals surface area contributed by atoms with Crippen LogP contribution in [0.3, 0.4) is 0 Å². The van der Waals surface area contributed by atoms with Crippen LogP contribution in [-0.4, -0.2) is 5.11 Å². The Morgan fingerprint density at radius 1 is 0.543 bits per heavy atom. The molecular weight excluding hydrogens is 447 g/mol. The predicted octanol–water partition coefficient (Wildman–Crippen LogP) is 7.09. The largest absolute Gasteiger partial charge is 0.507 e. The van der Waals surface area contributed by atoms with Gasteiger partial charge < -0.3 is 9.67 Å². The Kier molecular flexibility index (Phi) is 5.87. The topological polar surface area (TPSA) is 37.3 Å². The number of aromatic hydroxyl groups is 1. The van der Waals surface area contributed by atoms with Crippen molar-refractivity contribution in [2.24, 2.45) is 0 Å². The molecule has 0 bridgehead atoms. The van der Waals surface area contributed by atoms with Gasteiger partial charge in [0.1, 0.15) is 5.75 Å². The lowest BCUT2D eigenvalue weighted by atomic mass is 9.88. The van der Waals surface area contributed by atoms with Gasteiger partial charge in [0.25, 0.3) is 0 Å². The molecule has 5 rings (SSSR count). The van der Waals surface area contributed by atoms with Gasteiger partial charge in [0.15, 0.2) is 7.14 Å². The van der Waals surface area contributed by atoms with E-state index in [0.29, 0.717) is 0 Å². The summed E-state index contributed by atoms with van der Waals surface area (Å²) in [4.78, 5) is 0. The number of hydrogen-bond acceptors (Lipinski definition) is 2. The van der Waals surface area contributed by atoms with Gasteiger partial charge in [0.05, 0.1) is 0 Å². The van der Waals surface area contributed by atoms with Crippen molar-refractivity contribution < 1.29 is 9.67 Å². The Bertz CT molecular complexity index is 1560. The summed E-state index contributed by atoms with van der Waals surface area (Å²) in [6, 6.07) is 31.3. The van der Waals surface area contributed by atoms with Gasteiger partial charge in [-0.15, -0.1) is 0 Å². The molecule has 0 aliphatic heterocycles. The summed E-state index contributed by atoms with van der Waals surface area (Å²) in [6.07, 6.45) is 0. The summed E-state index contributed by atoms with van der Waals surface area (Å²) >= 11 is 0. The van der Waals surface area contributed by atoms with Crippen LogP contribution in [0.2, 0.25) is 0 Å². The molecule has 0 atom stereocenters. The second-order valence-corrected chi connectivity index (χ2v) is 11.9. The average molecular weight is 477 g/mol. The third kappa shape index (κ3) is 3.61. The standard InChI is InChI=1S/C32H29O2P/c1-21-22(2)24(4)32(35(34,26-14-7-5-8-15-26)27-16-9-6-10-17-27)30(23(21)3)31-28-18-12-11-13-25(28)19-20-29(31)33/h5-20,33H,1-4H3. The van der Waals surface area contributed by atoms with Crippen molar-refractivity contribution in [3.05, 3.63) is 119 Å². The van der Waals surface area contributed by atoms with Crippen LogP contribution in [0.15, 0.2) is 97.1 Å². The van der Waals surface area contributed by atoms with Gasteiger partial charge in [-0.1, -0.05) is 91.0 Å². The molecule has 2 nitrogen and oxygen atoms in total. The molecule has 0 radical (unpaired) electrons. The van der Waals surface area contributed by atoms with Gasteiger partial charge in [-0.25, -0.2) is 0 Å². The molecule has 0 heterocycles. The monoisotopic (exact) mass is 476 g/mol. The summed E-state index contributed by atoms with van der Waals surface area (Å²) in [7, 11) is -3.30. The van der Waals surface area contributed by atoms with E-state index in [1.165, 1.54) is 0 Å². The second-order valence-electron chi connectivity index (χ2n) is 9.18. The minimum absolute atomic E-state index is 0.198. The molecule has 0 unspecified atom stereocenters. The molecule has 0 spiro atoms. The predicted molar refractivity (Wildman–Crippen MR) is 149 cm³/mol. The SMILES string of the molecule is Cc1c(C)c(C)c(P(=O)(c2ccccc2)c2ccccc2)c(-c2c(O)ccc3ccccc23)c1C. The Hall–Kier alpha value is -3.61. The lowest BCUT2D eigenvalue weighted by Gasteiger charge is -2.29. The quantitative estimate of drug-likeness (QED) is 0.281. The van der Waals surface area contributed by atoms with E-state index in [9.17, 15) is 5.11 Å². The Morgan fingerprint density at radius 2 is 1.06 bits per heavy atom. The zero-order chi connectivity index (χ0) is 24.7. The van der Waals surface area contributed by atoms with E-state index < -0.39 is 7.14 Å². The lowest BCUT2D eigenvalue weighted by Crippen LogP contribution is -2.29. The molecule has 174 valence electrons. The number of hydrogen-bond donors (Lipinski definition) is 1. The number of benzene rings is 5. The minimum atomic E-state index is -3.30. The van der Waals surface area contributed by atoms with Gasteiger partial charge in [-0.2, -0.15) is 0 Å². The summed E-state index contributed by atoms with van der Waals surface area (Å²) in [5.41, 5.74) is 5.95. The zero-order valence-electron chi connectivity index (χ0n) is 20.5. The zero-order valence-corrected chi connectivity index (χ0v) is 21.4. The fraction of sp³-hybridized carbons (Fsp3) is 0.125. The van der Waals surface area contributed by atoms with Crippen LogP contribution in [0.25, 0.3) is 21.9 Å². The maximum Gasteiger partial charge on any atom is 0.171 e. The van der Waals surface area contributed by atoms with Gasteiger partial charge in [0, 0.05) is 27.0 Å². The molecule has 0 saturated carbocycles. The van der Waals surface area contributed by atoms with Gasteiger partial charge in [0.2, 0.25) is 0 Å². The highest BCUT2D eigenvalue weighted by atomic mass is 31.2. The molecule has 35 heavy (non-hydrogen) atoms. The average Bonchev–Trinajstić information content (AvgIpc) is 2.90. The van der Waals surface area contributed by atoms with E-state index in [0.717, 1.165) is 60.1 Å². The summed E-state index contributed by atoms with van der Waals surface area (Å²) in [6.45, 7) is 8.38. The Balaban J connectivity index is 2.03. The van der Waals surface area contributed by atoms with E-state index in [2.05, 4.69) is 33.8 Å². The minimum Gasteiger partial charge on any atom is -0.507 e. The third-order valence-electron chi connectivity index (χ3n) is 7.37. The van der Waals surface area contributed by atoms with Crippen molar-refractivity contribution in [2.75, 3.05) is 0 Å². The molecule has 1 N–H and O–H groups in total. The first kappa shape index (κ1) is 23.1. The molecule has 5 aromatic carbocycles. The highest BCUT2D eigenvalue weighted by molar-refractivity contribution is 7.85. The Labute approximate surface area is 207 Å². The molecule has 0 aliphatic rings. The van der Waals surface area contributed by atoms with Gasteiger partial charge in [-0.3, -0.25) is 0 Å². The van der Waals surface area contributed by atoms with Gasteiger partial charge >= 0.3 is 0 Å². The molecule has 0 fully saturated rings. The number of rotatable bonds is 4. The molecule has 0 amide bonds. The Morgan fingerprint density at radius 3 is 1.66 bits per heavy atom. The first-order valence-electron chi connectivity index (χ1n) is 11.9. The van der Waals surface area contributed by atoms with Crippen molar-refractivity contribution in [2.45, 2.75) is 27.7 Å². The molecule has 5 aromatic rings. The van der Waals surface area contributed by atoms with Crippen LogP contribution in [0.5, 0.6) is 5.75 Å². The summed E-state index contributed by atoms with van der Waals surface area (Å²) in [5.74, 6) is 0.198. The number of phenols is 1. The van der Waals surface area contributed by atoms with Gasteiger partial charge in [-0.05, 0) is 66.8 Å². The van der Waals surface area contributed by atoms with Crippen molar-refractivity contribution >= 4 is 33.8 Å². The maximum absolute atomic E-state index is 15.6. The van der Waals surface area contributed by atoms with E-state index in [1.54, 1.807) is 6.07 Å². The van der Waals surface area contributed by atoms with Crippen LogP contribution in [0.4, 0.5) is 0 Å². The van der Waals surface area contributed by atoms with Crippen LogP contribution in [0, 0.1) is 27.7 Å². The normalized spacial score (nSPS) is 11.7. The van der Waals surface area contributed by atoms with Crippen molar-refractivity contribution in [1.82, 2.24) is 0 Å². The fourth-order valence-electron chi connectivity index (χ4n) is 5.20. The van der Waals surface area contributed by atoms with Crippen LogP contribution in [-0.2, 0) is 4.57 Å². The first-order valence-corrected chi connectivity index (χ1v) is 13.6. The van der Waals surface area contributed by atoms with Crippen LogP contribution >= 0.6 is 7.14 Å². The van der Waals surface area contributed by atoms with E-state index >= 15 is 4.57 Å². The number of fused-ring (bicyclic) bond motifs is 1. The second kappa shape index (κ2) is 8.87. The van der Waals surface area contributed by atoms with E-state index in [-0.39, 0.29) is 5.75 Å². The highest BCUT2D eigenvalue weighted by Crippen LogP contribution is 2.50. The van der Waals surface area contributed by atoms with Crippen molar-refractivity contribution in [1.29, 1.82) is 0 Å². The first-order chi connectivity index (χ1) is 16.9. The summed E-state index contributed by atoms with van der Waals surface area (Å²) in [5, 5.41) is 15.7. The van der Waals surface area contributed by atoms with E-state index in [1.807, 2.05) is 84.9 Å². The maximum atomic E-state index is 15.6. The molecular formula is C32H29O2P. The van der Waals surface area contributed by atoms with E-state index in [4.69, 9.17) is 0 Å². The smallest absolute Gasteiger partial charge is 0.171 e. The fourth-order valence-corrected chi connectivity index (χ4v) is 8.43. The summed E-state index contributed by atoms with van der Waals surface area (Å²) < 4.78 is 15.6. The van der Waals surface area contributed by atoms with Crippen molar-refractivity contribution in [3.8, 4) is 16.9 Å². The molecule has 3 heteroatoms. The van der Waals surface area contributed by atoms with Crippen LogP contribution < -0.4 is 15.9 Å². The highest BCUT2D eigenvalue weighted by Gasteiger charge is 2.36. The van der Waals surface area contributed by atoms with Crippen LogP contribution in [0.1, 0.15) is 22.3 Å². The molecule has 0 aliphatic carbocycles. The lowest BCUT2D eigenvalue weighted by molar-refractivity contribution is 0.478. The third-order valence-corrected chi connectivity index (χ3v) is 10.6.